The van der Waals surface area contributed by atoms with E-state index in [1.54, 1.807) is 12.4 Å². The number of H-pyrrole nitrogens is 1. The van der Waals surface area contributed by atoms with Gasteiger partial charge in [-0.15, -0.1) is 0 Å². The number of thiazole rings is 1. The molecule has 0 saturated heterocycles. The zero-order valence-corrected chi connectivity index (χ0v) is 15.3. The number of nitrogens with two attached hydrogens (primary N) is 1. The molecular formula is C15H12IN7S. The number of aromatic amines is 1. The van der Waals surface area contributed by atoms with Crippen LogP contribution in [0.5, 0.6) is 0 Å². The minimum absolute atomic E-state index is 0.351. The first-order valence-corrected chi connectivity index (χ1v) is 9.19. The maximum absolute atomic E-state index is 9.41. The van der Waals surface area contributed by atoms with Crippen LogP contribution < -0.4 is 11.1 Å². The van der Waals surface area contributed by atoms with Crippen molar-refractivity contribution in [2.45, 2.75) is 4.43 Å². The molecule has 0 atom stereocenters. The Morgan fingerprint density at radius 2 is 2.38 bits per heavy atom. The summed E-state index contributed by atoms with van der Waals surface area (Å²) < 4.78 is 0.909. The number of nitrogens with zero attached hydrogens (tertiary/aromatic N) is 4. The minimum atomic E-state index is 0.351. The number of rotatable bonds is 5. The molecule has 2 heterocycles. The predicted molar refractivity (Wildman–Crippen MR) is 105 cm³/mol. The van der Waals surface area contributed by atoms with Crippen LogP contribution in [-0.4, -0.2) is 21.4 Å². The average Bonchev–Trinajstić information content (AvgIpc) is 3.18. The van der Waals surface area contributed by atoms with Crippen LogP contribution in [0.15, 0.2) is 35.5 Å². The predicted octanol–water partition coefficient (Wildman–Crippen LogP) is 3.75. The molecule has 9 heteroatoms. The van der Waals surface area contributed by atoms with Gasteiger partial charge in [0.2, 0.25) is 0 Å². The van der Waals surface area contributed by atoms with Crippen molar-refractivity contribution in [1.82, 2.24) is 15.2 Å². The monoisotopic (exact) mass is 449 g/mol. The molecule has 0 aliphatic carbocycles. The maximum atomic E-state index is 9.41. The molecule has 0 saturated carbocycles. The summed E-state index contributed by atoms with van der Waals surface area (Å²) in [5, 5.41) is 19.9. The molecule has 3 rings (SSSR count). The molecule has 3 aromatic rings. The topological polar surface area (TPSA) is 116 Å². The van der Waals surface area contributed by atoms with Crippen LogP contribution in [0.25, 0.3) is 0 Å². The third kappa shape index (κ3) is 3.72. The Labute approximate surface area is 155 Å². The van der Waals surface area contributed by atoms with Gasteiger partial charge in [-0.2, -0.15) is 10.4 Å². The standard InChI is InChI=1S/C15H12IN7S/c16-5-9-2-1-3-10(4-9)21-14-12(6-17)13(22-23-14)19-7-11-8-20-15(18)24-11/h1-4,7-8H,5H2,(H2,18,20)(H2,21,22,23)/b19-7+. The summed E-state index contributed by atoms with van der Waals surface area (Å²) in [5.41, 5.74) is 7.99. The summed E-state index contributed by atoms with van der Waals surface area (Å²) in [4.78, 5) is 9.02. The van der Waals surface area contributed by atoms with Gasteiger partial charge in [-0.05, 0) is 17.7 Å². The molecule has 4 N–H and O–H groups in total. The SMILES string of the molecule is N#Cc1c(Nc2cccc(CI)c2)n[nH]c1/N=C/c1cnc(N)s1. The fraction of sp³-hybridized carbons (Fsp3) is 0.0667. The number of halogens is 1. The first kappa shape index (κ1) is 16.4. The second kappa shape index (κ2) is 7.41. The second-order valence-corrected chi connectivity index (χ2v) is 6.58. The second-order valence-electron chi connectivity index (χ2n) is 4.73. The lowest BCUT2D eigenvalue weighted by molar-refractivity contribution is 1.09. The van der Waals surface area contributed by atoms with Gasteiger partial charge < -0.3 is 11.1 Å². The van der Waals surface area contributed by atoms with E-state index in [1.165, 1.54) is 16.9 Å². The van der Waals surface area contributed by atoms with E-state index in [-0.39, 0.29) is 0 Å². The summed E-state index contributed by atoms with van der Waals surface area (Å²) in [6, 6.07) is 10.1. The smallest absolute Gasteiger partial charge is 0.180 e. The van der Waals surface area contributed by atoms with Gasteiger partial charge in [0.25, 0.3) is 0 Å². The van der Waals surface area contributed by atoms with E-state index in [1.807, 2.05) is 24.3 Å². The normalized spacial score (nSPS) is 10.8. The summed E-state index contributed by atoms with van der Waals surface area (Å²) in [6.45, 7) is 0. The summed E-state index contributed by atoms with van der Waals surface area (Å²) in [7, 11) is 0. The lowest BCUT2D eigenvalue weighted by Crippen LogP contribution is -1.93. The molecule has 0 radical (unpaired) electrons. The molecule has 0 aliphatic rings. The summed E-state index contributed by atoms with van der Waals surface area (Å²) in [6.07, 6.45) is 3.23. The number of aromatic nitrogens is 3. The Balaban J connectivity index is 1.84. The van der Waals surface area contributed by atoms with E-state index < -0.39 is 0 Å². The number of hydrogen-bond donors (Lipinski definition) is 3. The van der Waals surface area contributed by atoms with Gasteiger partial charge in [0.1, 0.15) is 11.6 Å². The number of nitrogens with one attached hydrogen (secondary N) is 2. The Morgan fingerprint density at radius 1 is 1.50 bits per heavy atom. The lowest BCUT2D eigenvalue weighted by atomic mass is 10.2. The van der Waals surface area contributed by atoms with Gasteiger partial charge in [0, 0.05) is 22.5 Å². The van der Waals surface area contributed by atoms with Gasteiger partial charge in [-0.3, -0.25) is 5.10 Å². The van der Waals surface area contributed by atoms with Gasteiger partial charge in [-0.25, -0.2) is 9.98 Å². The number of benzene rings is 1. The van der Waals surface area contributed by atoms with Crippen LogP contribution in [-0.2, 0) is 4.43 Å². The van der Waals surface area contributed by atoms with Crippen LogP contribution in [0.2, 0.25) is 0 Å². The largest absolute Gasteiger partial charge is 0.375 e. The zero-order valence-electron chi connectivity index (χ0n) is 12.3. The Bertz CT molecular complexity index is 922. The number of hydrogen-bond acceptors (Lipinski definition) is 7. The third-order valence-corrected chi connectivity index (χ3v) is 4.71. The highest BCUT2D eigenvalue weighted by Gasteiger charge is 2.12. The number of aliphatic imine (C=N–C) groups is 1. The molecule has 24 heavy (non-hydrogen) atoms. The minimum Gasteiger partial charge on any atom is -0.375 e. The molecule has 0 aliphatic heterocycles. The highest BCUT2D eigenvalue weighted by Crippen LogP contribution is 2.26. The lowest BCUT2D eigenvalue weighted by Gasteiger charge is -2.04. The van der Waals surface area contributed by atoms with Crippen molar-refractivity contribution >= 4 is 62.6 Å². The van der Waals surface area contributed by atoms with Crippen molar-refractivity contribution in [2.75, 3.05) is 11.1 Å². The highest BCUT2D eigenvalue weighted by molar-refractivity contribution is 14.1. The van der Waals surface area contributed by atoms with Crippen LogP contribution in [0.4, 0.5) is 22.5 Å². The van der Waals surface area contributed by atoms with E-state index >= 15 is 0 Å². The fourth-order valence-electron chi connectivity index (χ4n) is 1.98. The molecule has 0 amide bonds. The molecule has 120 valence electrons. The van der Waals surface area contributed by atoms with Gasteiger partial charge in [0.15, 0.2) is 16.8 Å². The van der Waals surface area contributed by atoms with Crippen molar-refractivity contribution in [3.8, 4) is 6.07 Å². The van der Waals surface area contributed by atoms with Crippen molar-refractivity contribution in [3.63, 3.8) is 0 Å². The summed E-state index contributed by atoms with van der Waals surface area (Å²) in [5.74, 6) is 0.830. The molecule has 0 spiro atoms. The quantitative estimate of drug-likeness (QED) is 0.312. The molecule has 0 bridgehead atoms. The van der Waals surface area contributed by atoms with Crippen molar-refractivity contribution in [2.24, 2.45) is 4.99 Å². The third-order valence-electron chi connectivity index (χ3n) is 3.07. The zero-order chi connectivity index (χ0) is 16.9. The van der Waals surface area contributed by atoms with E-state index in [4.69, 9.17) is 5.73 Å². The van der Waals surface area contributed by atoms with E-state index in [9.17, 15) is 5.26 Å². The highest BCUT2D eigenvalue weighted by atomic mass is 127. The van der Waals surface area contributed by atoms with Gasteiger partial charge in [-0.1, -0.05) is 46.1 Å². The number of nitrogen functional groups attached to an aromatic ring is 1. The molecule has 7 nitrogen and oxygen atoms in total. The van der Waals surface area contributed by atoms with Crippen molar-refractivity contribution < 1.29 is 0 Å². The van der Waals surface area contributed by atoms with Crippen molar-refractivity contribution in [1.29, 1.82) is 5.26 Å². The summed E-state index contributed by atoms with van der Waals surface area (Å²) >= 11 is 3.62. The van der Waals surface area contributed by atoms with Crippen LogP contribution in [0, 0.1) is 11.3 Å². The number of anilines is 3. The first-order chi connectivity index (χ1) is 11.7. The number of nitriles is 1. The van der Waals surface area contributed by atoms with Crippen LogP contribution >= 0.6 is 33.9 Å². The van der Waals surface area contributed by atoms with Crippen LogP contribution in [0.1, 0.15) is 16.0 Å². The van der Waals surface area contributed by atoms with E-state index in [2.05, 4.69) is 54.2 Å². The Morgan fingerprint density at radius 3 is 3.08 bits per heavy atom. The Kier molecular flexibility index (Phi) is 5.07. The fourth-order valence-corrected chi connectivity index (χ4v) is 3.01. The molecule has 2 aromatic heterocycles. The van der Waals surface area contributed by atoms with E-state index in [0.717, 1.165) is 15.0 Å². The van der Waals surface area contributed by atoms with Gasteiger partial charge in [0.05, 0.1) is 4.88 Å². The molecule has 0 fully saturated rings. The van der Waals surface area contributed by atoms with Crippen LogP contribution in [0.3, 0.4) is 0 Å². The van der Waals surface area contributed by atoms with Crippen molar-refractivity contribution in [3.05, 3.63) is 46.5 Å². The maximum Gasteiger partial charge on any atom is 0.180 e. The molecule has 0 unspecified atom stereocenters. The Hall–Kier alpha value is -2.45. The molecule has 1 aromatic carbocycles. The van der Waals surface area contributed by atoms with Gasteiger partial charge >= 0.3 is 0 Å². The average molecular weight is 449 g/mol. The number of alkyl halides is 1. The first-order valence-electron chi connectivity index (χ1n) is 6.85. The molecular weight excluding hydrogens is 437 g/mol. The van der Waals surface area contributed by atoms with E-state index in [0.29, 0.717) is 22.3 Å².